The first kappa shape index (κ1) is 13.7. The third kappa shape index (κ3) is 2.39. The van der Waals surface area contributed by atoms with Crippen molar-refractivity contribution < 1.29 is 0 Å². The molecule has 2 heterocycles. The van der Waals surface area contributed by atoms with Crippen LogP contribution in [0.3, 0.4) is 0 Å². The minimum Gasteiger partial charge on any atom is -0.365 e. The molecule has 0 saturated carbocycles. The number of halogens is 1. The van der Waals surface area contributed by atoms with E-state index < -0.39 is 0 Å². The van der Waals surface area contributed by atoms with E-state index in [2.05, 4.69) is 28.9 Å². The smallest absolute Gasteiger partial charge is 0.101 e. The molecule has 0 amide bonds. The first-order valence-electron chi connectivity index (χ1n) is 7.32. The Bertz CT molecular complexity index is 537. The molecule has 1 aromatic rings. The zero-order chi connectivity index (χ0) is 14.1. The van der Waals surface area contributed by atoms with Crippen LogP contribution in [-0.2, 0) is 5.88 Å². The van der Waals surface area contributed by atoms with Crippen LogP contribution in [0.4, 0.5) is 5.69 Å². The van der Waals surface area contributed by atoms with Crippen molar-refractivity contribution in [1.29, 1.82) is 5.26 Å². The lowest BCUT2D eigenvalue weighted by Crippen LogP contribution is -2.55. The first-order valence-corrected chi connectivity index (χ1v) is 7.86. The summed E-state index contributed by atoms with van der Waals surface area (Å²) >= 11 is 5.87. The molecule has 106 valence electrons. The molecule has 0 N–H and O–H groups in total. The molecule has 0 aromatic heterocycles. The van der Waals surface area contributed by atoms with Crippen molar-refractivity contribution in [2.45, 2.75) is 37.7 Å². The average molecular weight is 290 g/mol. The van der Waals surface area contributed by atoms with Crippen molar-refractivity contribution in [3.8, 4) is 6.07 Å². The van der Waals surface area contributed by atoms with Crippen LogP contribution < -0.4 is 4.90 Å². The molecule has 3 nitrogen and oxygen atoms in total. The predicted octanol–water partition coefficient (Wildman–Crippen LogP) is 2.97. The van der Waals surface area contributed by atoms with Crippen LogP contribution in [0, 0.1) is 11.3 Å². The number of nitriles is 1. The van der Waals surface area contributed by atoms with Gasteiger partial charge in [-0.05, 0) is 44.0 Å². The minimum atomic E-state index is 0.457. The van der Waals surface area contributed by atoms with E-state index in [1.54, 1.807) is 0 Å². The van der Waals surface area contributed by atoms with Gasteiger partial charge in [0.05, 0.1) is 11.3 Å². The number of alkyl halides is 1. The lowest BCUT2D eigenvalue weighted by molar-refractivity contribution is 0.203. The molecular weight excluding hydrogens is 270 g/mol. The maximum Gasteiger partial charge on any atom is 0.101 e. The molecule has 0 aliphatic carbocycles. The zero-order valence-electron chi connectivity index (χ0n) is 11.8. The highest BCUT2D eigenvalue weighted by Crippen LogP contribution is 2.31. The van der Waals surface area contributed by atoms with Gasteiger partial charge in [0.15, 0.2) is 0 Å². The van der Waals surface area contributed by atoms with Crippen molar-refractivity contribution in [1.82, 2.24) is 4.90 Å². The monoisotopic (exact) mass is 289 g/mol. The van der Waals surface area contributed by atoms with Crippen molar-refractivity contribution in [3.63, 3.8) is 0 Å². The van der Waals surface area contributed by atoms with E-state index in [0.29, 0.717) is 18.0 Å². The van der Waals surface area contributed by atoms with E-state index in [1.807, 2.05) is 12.1 Å². The second-order valence-corrected chi connectivity index (χ2v) is 6.16. The zero-order valence-corrected chi connectivity index (χ0v) is 12.6. The maximum atomic E-state index is 9.41. The molecule has 2 atom stereocenters. The second-order valence-electron chi connectivity index (χ2n) is 5.89. The number of fused-ring (bicyclic) bond motifs is 1. The molecule has 2 fully saturated rings. The van der Waals surface area contributed by atoms with Crippen molar-refractivity contribution >= 4 is 17.3 Å². The van der Waals surface area contributed by atoms with Gasteiger partial charge < -0.3 is 4.90 Å². The van der Waals surface area contributed by atoms with Gasteiger partial charge in [-0.25, -0.2) is 0 Å². The Balaban J connectivity index is 1.90. The van der Waals surface area contributed by atoms with Crippen LogP contribution >= 0.6 is 11.6 Å². The number of piperazine rings is 1. The highest BCUT2D eigenvalue weighted by Gasteiger charge is 2.35. The Morgan fingerprint density at radius 1 is 1.40 bits per heavy atom. The van der Waals surface area contributed by atoms with Crippen LogP contribution in [0.15, 0.2) is 18.2 Å². The summed E-state index contributed by atoms with van der Waals surface area (Å²) in [5.41, 5.74) is 2.83. The lowest BCUT2D eigenvalue weighted by atomic mass is 10.0. The van der Waals surface area contributed by atoms with Gasteiger partial charge in [-0.1, -0.05) is 6.07 Å². The molecule has 2 unspecified atom stereocenters. The summed E-state index contributed by atoms with van der Waals surface area (Å²) in [6.45, 7) is 5.63. The van der Waals surface area contributed by atoms with Gasteiger partial charge in [-0.2, -0.15) is 5.26 Å². The van der Waals surface area contributed by atoms with Gasteiger partial charge in [-0.3, -0.25) is 4.90 Å². The number of benzene rings is 1. The highest BCUT2D eigenvalue weighted by atomic mass is 35.5. The van der Waals surface area contributed by atoms with Gasteiger partial charge in [0.1, 0.15) is 6.07 Å². The summed E-state index contributed by atoms with van der Waals surface area (Å²) in [5, 5.41) is 9.41. The number of nitrogens with zero attached hydrogens (tertiary/aromatic N) is 3. The second kappa shape index (κ2) is 5.63. The molecule has 0 spiro atoms. The highest BCUT2D eigenvalue weighted by molar-refractivity contribution is 6.17. The lowest BCUT2D eigenvalue weighted by Gasteiger charge is -2.44. The fraction of sp³-hybridized carbons (Fsp3) is 0.562. The van der Waals surface area contributed by atoms with Crippen LogP contribution in [0.5, 0.6) is 0 Å². The van der Waals surface area contributed by atoms with Crippen LogP contribution in [0.25, 0.3) is 0 Å². The average Bonchev–Trinajstić information content (AvgIpc) is 2.92. The SMILES string of the molecule is CC1CN2CCCC2CN1c1ccc(CCl)cc1C#N. The van der Waals surface area contributed by atoms with Crippen LogP contribution in [0.1, 0.15) is 30.9 Å². The molecule has 4 heteroatoms. The molecule has 2 aliphatic rings. The van der Waals surface area contributed by atoms with Gasteiger partial charge in [0, 0.05) is 31.1 Å². The van der Waals surface area contributed by atoms with Gasteiger partial charge >= 0.3 is 0 Å². The molecule has 0 radical (unpaired) electrons. The molecule has 1 aromatic carbocycles. The van der Waals surface area contributed by atoms with E-state index in [1.165, 1.54) is 19.4 Å². The van der Waals surface area contributed by atoms with E-state index in [-0.39, 0.29) is 0 Å². The van der Waals surface area contributed by atoms with Crippen molar-refractivity contribution in [3.05, 3.63) is 29.3 Å². The molecule has 20 heavy (non-hydrogen) atoms. The Morgan fingerprint density at radius 2 is 2.25 bits per heavy atom. The van der Waals surface area contributed by atoms with Crippen LogP contribution in [-0.4, -0.2) is 36.6 Å². The Morgan fingerprint density at radius 3 is 3.00 bits per heavy atom. The Kier molecular flexibility index (Phi) is 3.87. The predicted molar refractivity (Wildman–Crippen MR) is 82.1 cm³/mol. The van der Waals surface area contributed by atoms with Crippen molar-refractivity contribution in [2.75, 3.05) is 24.5 Å². The Hall–Kier alpha value is -1.24. The molecule has 2 aliphatic heterocycles. The summed E-state index contributed by atoms with van der Waals surface area (Å²) in [5.74, 6) is 0.459. The largest absolute Gasteiger partial charge is 0.365 e. The standard InChI is InChI=1S/C16H20ClN3/c1-12-10-19-6-2-3-15(19)11-20(12)16-5-4-13(8-17)7-14(16)9-18/h4-5,7,12,15H,2-3,6,8,10-11H2,1H3. The molecule has 0 bridgehead atoms. The van der Waals surface area contributed by atoms with E-state index in [0.717, 1.165) is 29.9 Å². The summed E-state index contributed by atoms with van der Waals surface area (Å²) in [4.78, 5) is 5.00. The minimum absolute atomic E-state index is 0.457. The van der Waals surface area contributed by atoms with Crippen LogP contribution in [0.2, 0.25) is 0 Å². The number of rotatable bonds is 2. The quantitative estimate of drug-likeness (QED) is 0.784. The normalized spacial score (nSPS) is 26.4. The maximum absolute atomic E-state index is 9.41. The topological polar surface area (TPSA) is 30.3 Å². The molecular formula is C16H20ClN3. The van der Waals surface area contributed by atoms with E-state index in [9.17, 15) is 5.26 Å². The summed E-state index contributed by atoms with van der Waals surface area (Å²) < 4.78 is 0. The van der Waals surface area contributed by atoms with Crippen molar-refractivity contribution in [2.24, 2.45) is 0 Å². The van der Waals surface area contributed by atoms with Gasteiger partial charge in [-0.15, -0.1) is 11.6 Å². The van der Waals surface area contributed by atoms with E-state index in [4.69, 9.17) is 11.6 Å². The first-order chi connectivity index (χ1) is 9.72. The number of hydrogen-bond donors (Lipinski definition) is 0. The van der Waals surface area contributed by atoms with Gasteiger partial charge in [0.25, 0.3) is 0 Å². The summed E-state index contributed by atoms with van der Waals surface area (Å²) in [7, 11) is 0. The summed E-state index contributed by atoms with van der Waals surface area (Å²) in [6, 6.07) is 9.48. The number of anilines is 1. The third-order valence-electron chi connectivity index (χ3n) is 4.58. The van der Waals surface area contributed by atoms with Gasteiger partial charge in [0.2, 0.25) is 0 Å². The fourth-order valence-electron chi connectivity index (χ4n) is 3.53. The van der Waals surface area contributed by atoms with E-state index >= 15 is 0 Å². The third-order valence-corrected chi connectivity index (χ3v) is 4.89. The fourth-order valence-corrected chi connectivity index (χ4v) is 3.70. The number of hydrogen-bond acceptors (Lipinski definition) is 3. The Labute approximate surface area is 125 Å². The molecule has 2 saturated heterocycles. The molecule has 3 rings (SSSR count). The summed E-state index contributed by atoms with van der Waals surface area (Å²) in [6.07, 6.45) is 2.59.